The van der Waals surface area contributed by atoms with Gasteiger partial charge in [-0.3, -0.25) is 0 Å². The van der Waals surface area contributed by atoms with Gasteiger partial charge in [0.25, 0.3) is 0 Å². The lowest BCUT2D eigenvalue weighted by molar-refractivity contribution is 0.292. The molecule has 0 fully saturated rings. The molecule has 1 aromatic heterocycles. The van der Waals surface area contributed by atoms with Crippen LogP contribution in [0.25, 0.3) is 0 Å². The first-order valence-electron chi connectivity index (χ1n) is 6.58. The number of hydrogen-bond donors (Lipinski definition) is 0. The second-order valence-corrected chi connectivity index (χ2v) is 5.93. The number of alkyl halides is 1. The zero-order valence-electron chi connectivity index (χ0n) is 11.7. The molecule has 0 N–H and O–H groups in total. The van der Waals surface area contributed by atoms with E-state index in [-0.39, 0.29) is 0 Å². The minimum absolute atomic E-state index is 0.496. The van der Waals surface area contributed by atoms with E-state index < -0.39 is 0 Å². The molecule has 0 aliphatic rings. The van der Waals surface area contributed by atoms with Crippen LogP contribution in [0, 0.1) is 6.92 Å². The number of aromatic nitrogens is 1. The van der Waals surface area contributed by atoms with E-state index in [1.54, 1.807) is 11.3 Å². The van der Waals surface area contributed by atoms with Gasteiger partial charge in [-0.1, -0.05) is 28.9 Å². The minimum Gasteiger partial charge on any atom is -0.493 e. The van der Waals surface area contributed by atoms with Crippen molar-refractivity contribution in [1.82, 2.24) is 4.98 Å². The van der Waals surface area contributed by atoms with Crippen LogP contribution in [0.15, 0.2) is 23.6 Å². The molecule has 3 nitrogen and oxygen atoms in total. The van der Waals surface area contributed by atoms with Crippen molar-refractivity contribution < 1.29 is 9.47 Å². The van der Waals surface area contributed by atoms with Gasteiger partial charge >= 0.3 is 0 Å². The number of aryl methyl sites for hydroxylation is 1. The fourth-order valence-electron chi connectivity index (χ4n) is 1.70. The Hall–Kier alpha value is -1.07. The summed E-state index contributed by atoms with van der Waals surface area (Å²) in [5.41, 5.74) is 2.15. The van der Waals surface area contributed by atoms with E-state index in [0.29, 0.717) is 6.61 Å². The van der Waals surface area contributed by atoms with Crippen LogP contribution in [-0.2, 0) is 11.9 Å². The van der Waals surface area contributed by atoms with Crippen LogP contribution in [0.2, 0.25) is 0 Å². The van der Waals surface area contributed by atoms with Crippen molar-refractivity contribution in [1.29, 1.82) is 0 Å². The van der Waals surface area contributed by atoms with Crippen molar-refractivity contribution in [2.24, 2.45) is 0 Å². The SMILES string of the molecule is CCCOc1ccc(CBr)c(OCc2nc(C)cs2)c1. The van der Waals surface area contributed by atoms with Gasteiger partial charge in [-0.05, 0) is 19.4 Å². The molecule has 0 saturated carbocycles. The van der Waals surface area contributed by atoms with Gasteiger partial charge < -0.3 is 9.47 Å². The molecule has 5 heteroatoms. The fourth-order valence-corrected chi connectivity index (χ4v) is 2.84. The van der Waals surface area contributed by atoms with E-state index in [2.05, 4.69) is 27.8 Å². The third-order valence-electron chi connectivity index (χ3n) is 2.67. The van der Waals surface area contributed by atoms with Crippen molar-refractivity contribution in [3.8, 4) is 11.5 Å². The lowest BCUT2D eigenvalue weighted by atomic mass is 10.2. The Morgan fingerprint density at radius 2 is 2.15 bits per heavy atom. The summed E-state index contributed by atoms with van der Waals surface area (Å²) < 4.78 is 11.5. The Balaban J connectivity index is 2.07. The first kappa shape index (κ1) is 15.3. The van der Waals surface area contributed by atoms with E-state index in [4.69, 9.17) is 9.47 Å². The smallest absolute Gasteiger partial charge is 0.140 e. The Morgan fingerprint density at radius 3 is 2.80 bits per heavy atom. The van der Waals surface area contributed by atoms with Crippen LogP contribution in [0.4, 0.5) is 0 Å². The predicted molar refractivity (Wildman–Crippen MR) is 86.0 cm³/mol. The van der Waals surface area contributed by atoms with Crippen molar-refractivity contribution in [3.63, 3.8) is 0 Å². The van der Waals surface area contributed by atoms with Gasteiger partial charge in [0.1, 0.15) is 23.1 Å². The van der Waals surface area contributed by atoms with Crippen LogP contribution >= 0.6 is 27.3 Å². The van der Waals surface area contributed by atoms with E-state index >= 15 is 0 Å². The minimum atomic E-state index is 0.496. The summed E-state index contributed by atoms with van der Waals surface area (Å²) in [6.07, 6.45) is 0.995. The molecule has 0 aliphatic carbocycles. The first-order chi connectivity index (χ1) is 9.72. The number of benzene rings is 1. The Morgan fingerprint density at radius 1 is 1.30 bits per heavy atom. The van der Waals surface area contributed by atoms with E-state index in [1.165, 1.54) is 0 Å². The zero-order chi connectivity index (χ0) is 14.4. The molecule has 1 aromatic carbocycles. The molecule has 2 rings (SSSR count). The number of nitrogens with zero attached hydrogens (tertiary/aromatic N) is 1. The summed E-state index contributed by atoms with van der Waals surface area (Å²) in [6.45, 7) is 5.30. The average molecular weight is 356 g/mol. The van der Waals surface area contributed by atoms with Crippen molar-refractivity contribution in [3.05, 3.63) is 39.8 Å². The molecule has 20 heavy (non-hydrogen) atoms. The lowest BCUT2D eigenvalue weighted by Crippen LogP contribution is -2.00. The summed E-state index contributed by atoms with van der Waals surface area (Å²) in [5, 5.41) is 3.78. The number of rotatable bonds is 7. The Bertz CT molecular complexity index is 557. The monoisotopic (exact) mass is 355 g/mol. The van der Waals surface area contributed by atoms with Crippen LogP contribution < -0.4 is 9.47 Å². The Kier molecular flexibility index (Phi) is 5.86. The summed E-state index contributed by atoms with van der Waals surface area (Å²) in [4.78, 5) is 4.40. The van der Waals surface area contributed by atoms with Crippen molar-refractivity contribution >= 4 is 27.3 Å². The van der Waals surface area contributed by atoms with Crippen LogP contribution in [-0.4, -0.2) is 11.6 Å². The van der Waals surface area contributed by atoms with Crippen LogP contribution in [0.1, 0.15) is 29.6 Å². The molecule has 0 amide bonds. The first-order valence-corrected chi connectivity index (χ1v) is 8.58. The standard InChI is InChI=1S/C15H18BrNO2S/c1-3-6-18-13-5-4-12(8-16)14(7-13)19-9-15-17-11(2)10-20-15/h4-5,7,10H,3,6,8-9H2,1-2H3. The van der Waals surface area contributed by atoms with Gasteiger partial charge in [-0.2, -0.15) is 0 Å². The van der Waals surface area contributed by atoms with Crippen molar-refractivity contribution in [2.45, 2.75) is 32.2 Å². The second-order valence-electron chi connectivity index (χ2n) is 4.42. The summed E-state index contributed by atoms with van der Waals surface area (Å²) in [7, 11) is 0. The molecule has 1 heterocycles. The fraction of sp³-hybridized carbons (Fsp3) is 0.400. The highest BCUT2D eigenvalue weighted by atomic mass is 79.9. The van der Waals surface area contributed by atoms with E-state index in [9.17, 15) is 0 Å². The second kappa shape index (κ2) is 7.64. The molecule has 0 unspecified atom stereocenters. The van der Waals surface area contributed by atoms with Crippen LogP contribution in [0.5, 0.6) is 11.5 Å². The summed E-state index contributed by atoms with van der Waals surface area (Å²) in [5.74, 6) is 1.70. The number of halogens is 1. The zero-order valence-corrected chi connectivity index (χ0v) is 14.1. The molecular formula is C15H18BrNO2S. The highest BCUT2D eigenvalue weighted by Gasteiger charge is 2.07. The van der Waals surface area contributed by atoms with Gasteiger partial charge in [0.05, 0.1) is 6.61 Å². The van der Waals surface area contributed by atoms with Gasteiger partial charge in [0, 0.05) is 28.0 Å². The molecule has 2 aromatic rings. The molecule has 0 spiro atoms. The number of hydrogen-bond acceptors (Lipinski definition) is 4. The highest BCUT2D eigenvalue weighted by Crippen LogP contribution is 2.28. The maximum atomic E-state index is 5.89. The maximum Gasteiger partial charge on any atom is 0.140 e. The molecule has 0 saturated heterocycles. The topological polar surface area (TPSA) is 31.4 Å². The van der Waals surface area contributed by atoms with Gasteiger partial charge in [0.2, 0.25) is 0 Å². The summed E-state index contributed by atoms with van der Waals surface area (Å²) in [6, 6.07) is 5.96. The largest absolute Gasteiger partial charge is 0.493 e. The number of ether oxygens (including phenoxy) is 2. The van der Waals surface area contributed by atoms with E-state index in [0.717, 1.165) is 46.1 Å². The average Bonchev–Trinajstić information content (AvgIpc) is 2.88. The quantitative estimate of drug-likeness (QED) is 0.673. The van der Waals surface area contributed by atoms with Gasteiger partial charge in [-0.25, -0.2) is 4.98 Å². The maximum absolute atomic E-state index is 5.89. The van der Waals surface area contributed by atoms with Crippen LogP contribution in [0.3, 0.4) is 0 Å². The molecule has 108 valence electrons. The highest BCUT2D eigenvalue weighted by molar-refractivity contribution is 9.08. The lowest BCUT2D eigenvalue weighted by Gasteiger charge is -2.11. The third kappa shape index (κ3) is 4.21. The Labute approximate surface area is 132 Å². The third-order valence-corrected chi connectivity index (χ3v) is 4.22. The van der Waals surface area contributed by atoms with E-state index in [1.807, 2.05) is 30.5 Å². The molecular weight excluding hydrogens is 338 g/mol. The normalized spacial score (nSPS) is 10.6. The van der Waals surface area contributed by atoms with Gasteiger partial charge in [-0.15, -0.1) is 11.3 Å². The molecule has 0 bridgehead atoms. The molecule has 0 aliphatic heterocycles. The summed E-state index contributed by atoms with van der Waals surface area (Å²) >= 11 is 5.10. The van der Waals surface area contributed by atoms with Gasteiger partial charge in [0.15, 0.2) is 0 Å². The number of thiazole rings is 1. The molecule has 0 atom stereocenters. The van der Waals surface area contributed by atoms with Crippen molar-refractivity contribution in [2.75, 3.05) is 6.61 Å². The molecule has 0 radical (unpaired) electrons. The predicted octanol–water partition coefficient (Wildman–Crippen LogP) is 4.71.